The van der Waals surface area contributed by atoms with Gasteiger partial charge in [0, 0.05) is 22.8 Å². The Morgan fingerprint density at radius 1 is 1.35 bits per heavy atom. The number of hydrogen-bond donors (Lipinski definition) is 2. The van der Waals surface area contributed by atoms with Crippen LogP contribution in [0.5, 0.6) is 5.75 Å². The van der Waals surface area contributed by atoms with E-state index >= 15 is 0 Å². The Balaban J connectivity index is 2.13. The van der Waals surface area contributed by atoms with Gasteiger partial charge in [0.05, 0.1) is 27.3 Å². The normalized spacial score (nSPS) is 12.1. The van der Waals surface area contributed by atoms with Gasteiger partial charge in [0.1, 0.15) is 17.3 Å². The molecular weight excluding hydrogens is 410 g/mol. The number of aliphatic imine (C=N–C) groups is 1. The van der Waals surface area contributed by atoms with Crippen LogP contribution in [0, 0.1) is 5.82 Å². The molecule has 0 aliphatic rings. The number of phenols is 1. The van der Waals surface area contributed by atoms with Gasteiger partial charge in [-0.15, -0.1) is 0 Å². The molecule has 118 valence electrons. The maximum atomic E-state index is 13.9. The first-order valence-corrected chi connectivity index (χ1v) is 7.76. The molecule has 0 saturated carbocycles. The summed E-state index contributed by atoms with van der Waals surface area (Å²) in [5.74, 6) is -1.15. The fourth-order valence-electron chi connectivity index (χ4n) is 2.01. The monoisotopic (exact) mass is 416 g/mol. The van der Waals surface area contributed by atoms with Crippen LogP contribution in [0.15, 0.2) is 40.1 Å². The number of nitrogens with zero attached hydrogens (tertiary/aromatic N) is 3. The molecule has 0 saturated heterocycles. The Morgan fingerprint density at radius 2 is 2.09 bits per heavy atom. The van der Waals surface area contributed by atoms with Crippen molar-refractivity contribution in [1.82, 2.24) is 9.61 Å². The van der Waals surface area contributed by atoms with Crippen LogP contribution in [0.1, 0.15) is 5.56 Å². The van der Waals surface area contributed by atoms with E-state index in [0.717, 1.165) is 10.5 Å². The Hall–Kier alpha value is -1.83. The lowest BCUT2D eigenvalue weighted by Gasteiger charge is -2.07. The molecule has 0 atom stereocenters. The number of amidine groups is 1. The average Bonchev–Trinajstić information content (AvgIpc) is 2.84. The number of hydrogen-bond acceptors (Lipinski definition) is 3. The molecule has 2 aromatic heterocycles. The predicted octanol–water partition coefficient (Wildman–Crippen LogP) is 4.29. The van der Waals surface area contributed by atoms with Crippen LogP contribution < -0.4 is 5.73 Å². The molecule has 23 heavy (non-hydrogen) atoms. The molecule has 0 unspecified atom stereocenters. The molecule has 3 N–H and O–H groups in total. The van der Waals surface area contributed by atoms with Gasteiger partial charge in [-0.2, -0.15) is 5.10 Å². The summed E-state index contributed by atoms with van der Waals surface area (Å²) in [4.78, 5) is 3.97. The number of rotatable bonds is 2. The number of phenolic OH excluding ortho intramolecular Hbond substituents is 1. The average molecular weight is 418 g/mol. The van der Waals surface area contributed by atoms with E-state index in [1.165, 1.54) is 12.3 Å². The van der Waals surface area contributed by atoms with Gasteiger partial charge in [-0.05, 0) is 22.0 Å². The lowest BCUT2D eigenvalue weighted by molar-refractivity contribution is 0.469. The summed E-state index contributed by atoms with van der Waals surface area (Å²) in [5, 5.41) is 13.7. The highest BCUT2D eigenvalue weighted by molar-refractivity contribution is 9.10. The van der Waals surface area contributed by atoms with Crippen LogP contribution in [0.3, 0.4) is 0 Å². The molecule has 0 aliphatic heterocycles. The molecule has 9 heteroatoms. The summed E-state index contributed by atoms with van der Waals surface area (Å²) in [5.41, 5.74) is 6.69. The lowest BCUT2D eigenvalue weighted by Crippen LogP contribution is -2.15. The largest absolute Gasteiger partial charge is 0.508 e. The Morgan fingerprint density at radius 3 is 2.78 bits per heavy atom. The standard InChI is InChI=1S/C14H8BrCl2FN4O/c15-6-1-11-12(17)8(4-20-22(11)5-6)14(19)21-13-9(16)2-7(23)3-10(13)18/h1-5,23H,(H2,19,21). The molecule has 1 aromatic carbocycles. The van der Waals surface area contributed by atoms with Gasteiger partial charge in [0.25, 0.3) is 0 Å². The van der Waals surface area contributed by atoms with Crippen molar-refractivity contribution in [1.29, 1.82) is 0 Å². The van der Waals surface area contributed by atoms with Gasteiger partial charge < -0.3 is 10.8 Å². The fourth-order valence-corrected chi connectivity index (χ4v) is 2.95. The molecule has 3 aromatic rings. The fraction of sp³-hybridized carbons (Fsp3) is 0. The van der Waals surface area contributed by atoms with Gasteiger partial charge in [-0.3, -0.25) is 0 Å². The van der Waals surface area contributed by atoms with Gasteiger partial charge in [0.15, 0.2) is 5.82 Å². The Kier molecular flexibility index (Phi) is 4.18. The van der Waals surface area contributed by atoms with Crippen molar-refractivity contribution in [3.63, 3.8) is 0 Å². The maximum absolute atomic E-state index is 13.9. The Labute approximate surface area is 148 Å². The number of halogens is 4. The number of nitrogens with two attached hydrogens (primary N) is 1. The summed E-state index contributed by atoms with van der Waals surface area (Å²) in [7, 11) is 0. The lowest BCUT2D eigenvalue weighted by atomic mass is 10.2. The number of aromatic nitrogens is 2. The zero-order chi connectivity index (χ0) is 16.7. The summed E-state index contributed by atoms with van der Waals surface area (Å²) < 4.78 is 16.2. The SMILES string of the molecule is N/C(=N\c1c(F)cc(O)cc1Cl)c1cnn2cc(Br)cc2c1Cl. The van der Waals surface area contributed by atoms with Crippen molar-refractivity contribution in [2.75, 3.05) is 0 Å². The molecule has 0 fully saturated rings. The molecule has 0 amide bonds. The van der Waals surface area contributed by atoms with Crippen molar-refractivity contribution in [2.24, 2.45) is 10.7 Å². The summed E-state index contributed by atoms with van der Waals surface area (Å²) >= 11 is 15.5. The third-order valence-electron chi connectivity index (χ3n) is 3.05. The molecule has 0 bridgehead atoms. The third kappa shape index (κ3) is 2.99. The van der Waals surface area contributed by atoms with Gasteiger partial charge in [-0.1, -0.05) is 23.2 Å². The maximum Gasteiger partial charge on any atom is 0.154 e. The van der Waals surface area contributed by atoms with Gasteiger partial charge >= 0.3 is 0 Å². The third-order valence-corrected chi connectivity index (χ3v) is 4.17. The van der Waals surface area contributed by atoms with E-state index in [-0.39, 0.29) is 22.3 Å². The number of benzene rings is 1. The molecule has 5 nitrogen and oxygen atoms in total. The second kappa shape index (κ2) is 5.99. The van der Waals surface area contributed by atoms with E-state index in [1.807, 2.05) is 0 Å². The van der Waals surface area contributed by atoms with Crippen molar-refractivity contribution in [3.8, 4) is 5.75 Å². The van der Waals surface area contributed by atoms with E-state index in [2.05, 4.69) is 26.0 Å². The second-order valence-electron chi connectivity index (χ2n) is 4.62. The first-order chi connectivity index (χ1) is 10.9. The van der Waals surface area contributed by atoms with Crippen LogP contribution in [0.2, 0.25) is 10.0 Å². The molecule has 3 rings (SSSR count). The summed E-state index contributed by atoms with van der Waals surface area (Å²) in [6.07, 6.45) is 3.15. The van der Waals surface area contributed by atoms with Crippen LogP contribution in [-0.2, 0) is 0 Å². The Bertz CT molecular complexity index is 934. The molecule has 0 aliphatic carbocycles. The minimum atomic E-state index is -0.798. The first kappa shape index (κ1) is 16.0. The predicted molar refractivity (Wildman–Crippen MR) is 91.4 cm³/mol. The zero-order valence-corrected chi connectivity index (χ0v) is 14.4. The molecule has 2 heterocycles. The van der Waals surface area contributed by atoms with Crippen LogP contribution in [0.25, 0.3) is 5.52 Å². The number of fused-ring (bicyclic) bond motifs is 1. The highest BCUT2D eigenvalue weighted by Crippen LogP contribution is 2.33. The molecule has 0 spiro atoms. The molecule has 0 radical (unpaired) electrons. The van der Waals surface area contributed by atoms with Crippen molar-refractivity contribution in [2.45, 2.75) is 0 Å². The first-order valence-electron chi connectivity index (χ1n) is 6.21. The van der Waals surface area contributed by atoms with Crippen LogP contribution >= 0.6 is 39.1 Å². The topological polar surface area (TPSA) is 75.9 Å². The van der Waals surface area contributed by atoms with Gasteiger partial charge in [0.2, 0.25) is 0 Å². The second-order valence-corrected chi connectivity index (χ2v) is 6.32. The van der Waals surface area contributed by atoms with E-state index in [1.54, 1.807) is 16.8 Å². The van der Waals surface area contributed by atoms with Crippen molar-refractivity contribution < 1.29 is 9.50 Å². The van der Waals surface area contributed by atoms with Crippen molar-refractivity contribution >= 4 is 56.2 Å². The quantitative estimate of drug-likeness (QED) is 0.482. The number of aromatic hydroxyl groups is 1. The highest BCUT2D eigenvalue weighted by Gasteiger charge is 2.14. The highest BCUT2D eigenvalue weighted by atomic mass is 79.9. The summed E-state index contributed by atoms with van der Waals surface area (Å²) in [6, 6.07) is 3.83. The van der Waals surface area contributed by atoms with E-state index in [9.17, 15) is 9.50 Å². The molecular formula is C14H8BrCl2FN4O. The van der Waals surface area contributed by atoms with E-state index in [0.29, 0.717) is 16.1 Å². The zero-order valence-electron chi connectivity index (χ0n) is 11.3. The smallest absolute Gasteiger partial charge is 0.154 e. The summed E-state index contributed by atoms with van der Waals surface area (Å²) in [6.45, 7) is 0. The van der Waals surface area contributed by atoms with Crippen LogP contribution in [0.4, 0.5) is 10.1 Å². The van der Waals surface area contributed by atoms with Gasteiger partial charge in [-0.25, -0.2) is 13.9 Å². The minimum absolute atomic E-state index is 0.0474. The van der Waals surface area contributed by atoms with Crippen LogP contribution in [-0.4, -0.2) is 20.6 Å². The van der Waals surface area contributed by atoms with E-state index < -0.39 is 5.82 Å². The van der Waals surface area contributed by atoms with E-state index in [4.69, 9.17) is 28.9 Å². The minimum Gasteiger partial charge on any atom is -0.508 e. The van der Waals surface area contributed by atoms with Crippen molar-refractivity contribution in [3.05, 3.63) is 56.5 Å².